The Morgan fingerprint density at radius 3 is 2.89 bits per heavy atom. The monoisotopic (exact) mass is 264 g/mol. The van der Waals surface area contributed by atoms with E-state index in [1.54, 1.807) is 4.68 Å². The van der Waals surface area contributed by atoms with E-state index in [0.717, 1.165) is 24.9 Å². The lowest BCUT2D eigenvalue weighted by molar-refractivity contribution is 0.616. The third-order valence-corrected chi connectivity index (χ3v) is 2.48. The molecule has 0 aromatic carbocycles. The van der Waals surface area contributed by atoms with Gasteiger partial charge in [-0.3, -0.25) is 4.68 Å². The first-order valence-corrected chi connectivity index (χ1v) is 6.18. The SMILES string of the molecule is CCCNc1ncc(F)c(NCc2ccn(C)n2)n1. The molecule has 0 bridgehead atoms. The van der Waals surface area contributed by atoms with Crippen molar-refractivity contribution in [1.29, 1.82) is 0 Å². The van der Waals surface area contributed by atoms with Crippen LogP contribution in [0.2, 0.25) is 0 Å². The Kier molecular flexibility index (Phi) is 4.27. The molecule has 2 aromatic heterocycles. The molecule has 0 atom stereocenters. The summed E-state index contributed by atoms with van der Waals surface area (Å²) in [4.78, 5) is 7.97. The summed E-state index contributed by atoms with van der Waals surface area (Å²) in [6, 6.07) is 1.86. The highest BCUT2D eigenvalue weighted by atomic mass is 19.1. The van der Waals surface area contributed by atoms with Crippen LogP contribution in [0.5, 0.6) is 0 Å². The average molecular weight is 264 g/mol. The summed E-state index contributed by atoms with van der Waals surface area (Å²) in [7, 11) is 1.83. The maximum Gasteiger partial charge on any atom is 0.224 e. The summed E-state index contributed by atoms with van der Waals surface area (Å²) in [5.74, 6) is 0.129. The quantitative estimate of drug-likeness (QED) is 0.832. The van der Waals surface area contributed by atoms with Crippen molar-refractivity contribution in [1.82, 2.24) is 19.7 Å². The van der Waals surface area contributed by atoms with Gasteiger partial charge in [0.2, 0.25) is 5.95 Å². The minimum Gasteiger partial charge on any atom is -0.362 e. The van der Waals surface area contributed by atoms with Crippen molar-refractivity contribution < 1.29 is 4.39 Å². The van der Waals surface area contributed by atoms with E-state index in [4.69, 9.17) is 0 Å². The van der Waals surface area contributed by atoms with E-state index in [2.05, 4.69) is 25.7 Å². The minimum atomic E-state index is -0.474. The molecule has 0 saturated carbocycles. The third-order valence-electron chi connectivity index (χ3n) is 2.48. The highest BCUT2D eigenvalue weighted by Crippen LogP contribution is 2.12. The highest BCUT2D eigenvalue weighted by molar-refractivity contribution is 5.41. The molecular weight excluding hydrogens is 247 g/mol. The maximum atomic E-state index is 13.6. The molecule has 19 heavy (non-hydrogen) atoms. The number of rotatable bonds is 6. The number of aromatic nitrogens is 4. The molecule has 0 unspecified atom stereocenters. The summed E-state index contributed by atoms with van der Waals surface area (Å²) < 4.78 is 15.3. The van der Waals surface area contributed by atoms with Crippen LogP contribution in [0, 0.1) is 5.82 Å². The third kappa shape index (κ3) is 3.64. The van der Waals surface area contributed by atoms with Gasteiger partial charge in [-0.25, -0.2) is 9.37 Å². The molecule has 0 spiro atoms. The van der Waals surface area contributed by atoms with Crippen molar-refractivity contribution in [2.24, 2.45) is 7.05 Å². The van der Waals surface area contributed by atoms with Crippen molar-refractivity contribution in [2.75, 3.05) is 17.2 Å². The first-order chi connectivity index (χ1) is 9.19. The number of nitrogens with zero attached hydrogens (tertiary/aromatic N) is 4. The number of nitrogens with one attached hydrogen (secondary N) is 2. The molecule has 0 radical (unpaired) electrons. The van der Waals surface area contributed by atoms with Gasteiger partial charge in [-0.15, -0.1) is 0 Å². The van der Waals surface area contributed by atoms with Crippen molar-refractivity contribution in [3.8, 4) is 0 Å². The Hall–Kier alpha value is -2.18. The van der Waals surface area contributed by atoms with Gasteiger partial charge < -0.3 is 10.6 Å². The van der Waals surface area contributed by atoms with Crippen LogP contribution in [0.3, 0.4) is 0 Å². The van der Waals surface area contributed by atoms with Crippen LogP contribution >= 0.6 is 0 Å². The van der Waals surface area contributed by atoms with E-state index >= 15 is 0 Å². The zero-order valence-corrected chi connectivity index (χ0v) is 11.0. The largest absolute Gasteiger partial charge is 0.362 e. The van der Waals surface area contributed by atoms with Crippen LogP contribution in [0.15, 0.2) is 18.5 Å². The van der Waals surface area contributed by atoms with Gasteiger partial charge in [0.1, 0.15) is 0 Å². The zero-order valence-electron chi connectivity index (χ0n) is 11.0. The second-order valence-electron chi connectivity index (χ2n) is 4.15. The fourth-order valence-electron chi connectivity index (χ4n) is 1.54. The van der Waals surface area contributed by atoms with Crippen molar-refractivity contribution >= 4 is 11.8 Å². The number of halogens is 1. The van der Waals surface area contributed by atoms with Crippen LogP contribution in [-0.4, -0.2) is 26.3 Å². The molecule has 0 aliphatic rings. The van der Waals surface area contributed by atoms with Crippen molar-refractivity contribution in [2.45, 2.75) is 19.9 Å². The first-order valence-electron chi connectivity index (χ1n) is 6.18. The predicted molar refractivity (Wildman–Crippen MR) is 71.3 cm³/mol. The molecular formula is C12H17FN6. The summed E-state index contributed by atoms with van der Waals surface area (Å²) in [6.45, 7) is 3.21. The smallest absolute Gasteiger partial charge is 0.224 e. The molecule has 0 amide bonds. The minimum absolute atomic E-state index is 0.180. The standard InChI is InChI=1S/C12H17FN6/c1-3-5-14-12-16-8-10(13)11(17-12)15-7-9-4-6-19(2)18-9/h4,6,8H,3,5,7H2,1-2H3,(H2,14,15,16,17). The van der Waals surface area contributed by atoms with E-state index in [1.165, 1.54) is 0 Å². The molecule has 2 heterocycles. The van der Waals surface area contributed by atoms with E-state index < -0.39 is 5.82 Å². The summed E-state index contributed by atoms with van der Waals surface area (Å²) in [6.07, 6.45) is 3.95. The number of aryl methyl sites for hydroxylation is 1. The topological polar surface area (TPSA) is 67.7 Å². The van der Waals surface area contributed by atoms with Crippen molar-refractivity contribution in [3.63, 3.8) is 0 Å². The van der Waals surface area contributed by atoms with E-state index in [-0.39, 0.29) is 5.82 Å². The molecule has 7 heteroatoms. The van der Waals surface area contributed by atoms with Crippen molar-refractivity contribution in [3.05, 3.63) is 30.0 Å². The van der Waals surface area contributed by atoms with Crippen LogP contribution in [0.4, 0.5) is 16.2 Å². The lowest BCUT2D eigenvalue weighted by Gasteiger charge is -2.07. The molecule has 6 nitrogen and oxygen atoms in total. The fourth-order valence-corrected chi connectivity index (χ4v) is 1.54. The molecule has 102 valence electrons. The summed E-state index contributed by atoms with van der Waals surface area (Å²) >= 11 is 0. The Morgan fingerprint density at radius 2 is 2.21 bits per heavy atom. The van der Waals surface area contributed by atoms with Crippen LogP contribution in [-0.2, 0) is 13.6 Å². The fraction of sp³-hybridized carbons (Fsp3) is 0.417. The average Bonchev–Trinajstić information content (AvgIpc) is 2.82. The molecule has 2 aromatic rings. The first kappa shape index (κ1) is 13.3. The van der Waals surface area contributed by atoms with Gasteiger partial charge in [0.25, 0.3) is 0 Å². The van der Waals surface area contributed by atoms with Gasteiger partial charge in [0.15, 0.2) is 11.6 Å². The Labute approximate surface area is 111 Å². The second-order valence-corrected chi connectivity index (χ2v) is 4.15. The van der Waals surface area contributed by atoms with Gasteiger partial charge in [-0.1, -0.05) is 6.92 Å². The Morgan fingerprint density at radius 1 is 1.37 bits per heavy atom. The maximum absolute atomic E-state index is 13.6. The molecule has 0 saturated heterocycles. The molecule has 2 rings (SSSR count). The van der Waals surface area contributed by atoms with Gasteiger partial charge in [-0.05, 0) is 12.5 Å². The highest BCUT2D eigenvalue weighted by Gasteiger charge is 2.07. The molecule has 2 N–H and O–H groups in total. The molecule has 0 aliphatic heterocycles. The Bertz CT molecular complexity index is 539. The van der Waals surface area contributed by atoms with Gasteiger partial charge in [-0.2, -0.15) is 10.1 Å². The van der Waals surface area contributed by atoms with E-state index in [9.17, 15) is 4.39 Å². The Balaban J connectivity index is 2.02. The number of anilines is 2. The molecule has 0 fully saturated rings. The zero-order chi connectivity index (χ0) is 13.7. The summed E-state index contributed by atoms with van der Waals surface area (Å²) in [5, 5.41) is 10.1. The van der Waals surface area contributed by atoms with Gasteiger partial charge in [0, 0.05) is 19.8 Å². The van der Waals surface area contributed by atoms with Gasteiger partial charge in [0.05, 0.1) is 18.4 Å². The predicted octanol–water partition coefficient (Wildman–Crippen LogP) is 1.78. The lowest BCUT2D eigenvalue weighted by atomic mass is 10.4. The lowest BCUT2D eigenvalue weighted by Crippen LogP contribution is -2.09. The number of hydrogen-bond donors (Lipinski definition) is 2. The number of hydrogen-bond acceptors (Lipinski definition) is 5. The van der Waals surface area contributed by atoms with E-state index in [1.807, 2.05) is 26.2 Å². The molecule has 0 aliphatic carbocycles. The normalized spacial score (nSPS) is 10.5. The second kappa shape index (κ2) is 6.12. The van der Waals surface area contributed by atoms with E-state index in [0.29, 0.717) is 12.5 Å². The van der Waals surface area contributed by atoms with Crippen LogP contribution in [0.1, 0.15) is 19.0 Å². The van der Waals surface area contributed by atoms with Gasteiger partial charge >= 0.3 is 0 Å². The van der Waals surface area contributed by atoms with Crippen LogP contribution < -0.4 is 10.6 Å². The van der Waals surface area contributed by atoms with Crippen LogP contribution in [0.25, 0.3) is 0 Å². The summed E-state index contributed by atoms with van der Waals surface area (Å²) in [5.41, 5.74) is 0.823.